The van der Waals surface area contributed by atoms with Crippen molar-refractivity contribution in [1.82, 2.24) is 14.9 Å². The molecule has 5 heteroatoms. The van der Waals surface area contributed by atoms with Crippen LogP contribution in [0.4, 0.5) is 5.82 Å². The number of hydrogen-bond acceptors (Lipinski definition) is 5. The first kappa shape index (κ1) is 14.6. The number of fused-ring (bicyclic) bond motifs is 1. The molecule has 0 spiro atoms. The molecule has 1 aliphatic heterocycles. The fraction of sp³-hybridized carbons (Fsp3) is 0.333. The average Bonchev–Trinajstić information content (AvgIpc) is 2.99. The van der Waals surface area contributed by atoms with Gasteiger partial charge in [0.05, 0.1) is 16.7 Å². The summed E-state index contributed by atoms with van der Waals surface area (Å²) in [6, 6.07) is 12.6. The van der Waals surface area contributed by atoms with E-state index in [0.717, 1.165) is 44.1 Å². The fourth-order valence-corrected chi connectivity index (χ4v) is 3.68. The second-order valence-corrected chi connectivity index (χ2v) is 6.68. The summed E-state index contributed by atoms with van der Waals surface area (Å²) in [5, 5.41) is 3.35. The van der Waals surface area contributed by atoms with Crippen LogP contribution in [0.25, 0.3) is 10.9 Å². The molecule has 3 heterocycles. The van der Waals surface area contributed by atoms with E-state index in [1.165, 1.54) is 17.5 Å². The summed E-state index contributed by atoms with van der Waals surface area (Å²) in [7, 11) is 0. The molecule has 0 atom stereocenters. The van der Waals surface area contributed by atoms with Crippen LogP contribution in [0.2, 0.25) is 0 Å². The smallest absolute Gasteiger partial charge is 0.129 e. The van der Waals surface area contributed by atoms with Gasteiger partial charge in [0.2, 0.25) is 0 Å². The molecular weight excluding hydrogens is 304 g/mol. The molecule has 1 fully saturated rings. The number of hydrogen-bond donors (Lipinski definition) is 0. The van der Waals surface area contributed by atoms with Crippen molar-refractivity contribution in [2.45, 2.75) is 13.0 Å². The summed E-state index contributed by atoms with van der Waals surface area (Å²) >= 11 is 1.67. The van der Waals surface area contributed by atoms with Gasteiger partial charge >= 0.3 is 0 Å². The van der Waals surface area contributed by atoms with Gasteiger partial charge in [0, 0.05) is 43.5 Å². The Kier molecular flexibility index (Phi) is 4.22. The lowest BCUT2D eigenvalue weighted by molar-refractivity contribution is 0.282. The highest BCUT2D eigenvalue weighted by Crippen LogP contribution is 2.19. The van der Waals surface area contributed by atoms with Crippen LogP contribution in [0.15, 0.2) is 47.3 Å². The molecule has 0 unspecified atom stereocenters. The highest BCUT2D eigenvalue weighted by atomic mass is 32.1. The molecule has 0 aliphatic carbocycles. The van der Waals surface area contributed by atoms with E-state index < -0.39 is 0 Å². The van der Waals surface area contributed by atoms with E-state index in [9.17, 15) is 0 Å². The third kappa shape index (κ3) is 3.35. The van der Waals surface area contributed by atoms with Crippen LogP contribution in [0.5, 0.6) is 0 Å². The normalized spacial score (nSPS) is 16.6. The van der Waals surface area contributed by atoms with Gasteiger partial charge in [-0.15, -0.1) is 11.3 Å². The summed E-state index contributed by atoms with van der Waals surface area (Å²) in [6.45, 7) is 5.24. The summed E-state index contributed by atoms with van der Waals surface area (Å²) in [5.41, 5.74) is 4.18. The molecule has 1 aliphatic rings. The van der Waals surface area contributed by atoms with E-state index in [-0.39, 0.29) is 0 Å². The molecular formula is C18H20N4S. The third-order valence-corrected chi connectivity index (χ3v) is 5.00. The summed E-state index contributed by atoms with van der Waals surface area (Å²) in [5.74, 6) is 1.10. The molecule has 1 aromatic carbocycles. The Morgan fingerprint density at radius 3 is 2.87 bits per heavy atom. The van der Waals surface area contributed by atoms with E-state index in [1.54, 1.807) is 11.3 Å². The van der Waals surface area contributed by atoms with Crippen molar-refractivity contribution in [2.24, 2.45) is 0 Å². The largest absolute Gasteiger partial charge is 0.355 e. The van der Waals surface area contributed by atoms with Crippen LogP contribution in [0.1, 0.15) is 12.1 Å². The predicted octanol–water partition coefficient (Wildman–Crippen LogP) is 3.40. The van der Waals surface area contributed by atoms with Crippen molar-refractivity contribution in [3.8, 4) is 0 Å². The Hall–Kier alpha value is -1.98. The van der Waals surface area contributed by atoms with Crippen molar-refractivity contribution in [1.29, 1.82) is 0 Å². The fourth-order valence-electron chi connectivity index (χ4n) is 3.13. The van der Waals surface area contributed by atoms with E-state index in [2.05, 4.69) is 56.6 Å². The third-order valence-electron chi connectivity index (χ3n) is 4.37. The monoisotopic (exact) mass is 324 g/mol. The van der Waals surface area contributed by atoms with Crippen molar-refractivity contribution < 1.29 is 0 Å². The van der Waals surface area contributed by atoms with Gasteiger partial charge in [0.15, 0.2) is 0 Å². The minimum absolute atomic E-state index is 0.961. The summed E-state index contributed by atoms with van der Waals surface area (Å²) in [6.07, 6.45) is 1.17. The van der Waals surface area contributed by atoms with Crippen molar-refractivity contribution in [3.63, 3.8) is 0 Å². The second-order valence-electron chi connectivity index (χ2n) is 5.96. The lowest BCUT2D eigenvalue weighted by Gasteiger charge is -2.22. The highest BCUT2D eigenvalue weighted by molar-refractivity contribution is 7.07. The van der Waals surface area contributed by atoms with Crippen molar-refractivity contribution in [3.05, 3.63) is 53.0 Å². The second kappa shape index (κ2) is 6.64. The minimum atomic E-state index is 0.961. The number of anilines is 1. The molecule has 1 saturated heterocycles. The predicted molar refractivity (Wildman–Crippen MR) is 96.0 cm³/mol. The Labute approximate surface area is 140 Å². The maximum atomic E-state index is 4.84. The lowest BCUT2D eigenvalue weighted by Crippen LogP contribution is -2.31. The van der Waals surface area contributed by atoms with Crippen LogP contribution >= 0.6 is 11.3 Å². The maximum Gasteiger partial charge on any atom is 0.129 e. The molecule has 0 saturated carbocycles. The molecule has 0 bridgehead atoms. The number of para-hydroxylation sites is 1. The molecule has 3 aromatic rings. The molecule has 2 aromatic heterocycles. The number of rotatable bonds is 3. The van der Waals surface area contributed by atoms with E-state index in [4.69, 9.17) is 4.98 Å². The zero-order valence-corrected chi connectivity index (χ0v) is 13.9. The van der Waals surface area contributed by atoms with Crippen LogP contribution in [0.3, 0.4) is 0 Å². The van der Waals surface area contributed by atoms with Gasteiger partial charge < -0.3 is 4.90 Å². The van der Waals surface area contributed by atoms with Gasteiger partial charge in [0.25, 0.3) is 0 Å². The molecule has 0 amide bonds. The zero-order chi connectivity index (χ0) is 15.5. The van der Waals surface area contributed by atoms with Crippen LogP contribution in [-0.2, 0) is 6.54 Å². The van der Waals surface area contributed by atoms with Gasteiger partial charge in [0.1, 0.15) is 5.82 Å². The highest BCUT2D eigenvalue weighted by Gasteiger charge is 2.16. The average molecular weight is 324 g/mol. The van der Waals surface area contributed by atoms with Gasteiger partial charge in [-0.3, -0.25) is 4.90 Å². The topological polar surface area (TPSA) is 32.3 Å². The van der Waals surface area contributed by atoms with Crippen molar-refractivity contribution >= 4 is 28.1 Å². The van der Waals surface area contributed by atoms with Crippen molar-refractivity contribution in [2.75, 3.05) is 31.1 Å². The number of thiazole rings is 1. The van der Waals surface area contributed by atoms with E-state index in [1.807, 2.05) is 5.51 Å². The van der Waals surface area contributed by atoms with E-state index in [0.29, 0.717) is 0 Å². The quantitative estimate of drug-likeness (QED) is 0.739. The van der Waals surface area contributed by atoms with Gasteiger partial charge in [-0.2, -0.15) is 0 Å². The number of nitrogens with zero attached hydrogens (tertiary/aromatic N) is 4. The molecule has 23 heavy (non-hydrogen) atoms. The Morgan fingerprint density at radius 2 is 1.96 bits per heavy atom. The summed E-state index contributed by atoms with van der Waals surface area (Å²) in [4.78, 5) is 14.1. The number of aromatic nitrogens is 2. The minimum Gasteiger partial charge on any atom is -0.355 e. The van der Waals surface area contributed by atoms with E-state index >= 15 is 0 Å². The molecule has 0 N–H and O–H groups in total. The summed E-state index contributed by atoms with van der Waals surface area (Å²) < 4.78 is 0. The number of benzene rings is 1. The van der Waals surface area contributed by atoms with Gasteiger partial charge in [-0.1, -0.05) is 18.2 Å². The van der Waals surface area contributed by atoms with Crippen LogP contribution in [-0.4, -0.2) is 41.0 Å². The SMILES string of the molecule is c1ccc2nc(N3CCCN(Cc4cscn4)CC3)ccc2c1. The Morgan fingerprint density at radius 1 is 1.00 bits per heavy atom. The zero-order valence-electron chi connectivity index (χ0n) is 13.1. The van der Waals surface area contributed by atoms with Gasteiger partial charge in [-0.25, -0.2) is 9.97 Å². The maximum absolute atomic E-state index is 4.84. The van der Waals surface area contributed by atoms with Crippen LogP contribution in [0, 0.1) is 0 Å². The Balaban J connectivity index is 1.47. The first-order chi connectivity index (χ1) is 11.4. The molecule has 0 radical (unpaired) electrons. The lowest BCUT2D eigenvalue weighted by atomic mass is 10.2. The van der Waals surface area contributed by atoms with Crippen LogP contribution < -0.4 is 4.90 Å². The molecule has 4 nitrogen and oxygen atoms in total. The molecule has 118 valence electrons. The molecule has 4 rings (SSSR count). The Bertz CT molecular complexity index is 772. The first-order valence-corrected chi connectivity index (χ1v) is 9.03. The first-order valence-electron chi connectivity index (χ1n) is 8.09. The standard InChI is InChI=1S/C18H20N4S/c1-2-5-17-15(4-1)6-7-18(20-17)22-9-3-8-21(10-11-22)12-16-13-23-14-19-16/h1-2,4-7,13-14H,3,8-12H2. The van der Waals surface area contributed by atoms with Gasteiger partial charge in [-0.05, 0) is 24.6 Å². The number of pyridine rings is 1.